The van der Waals surface area contributed by atoms with Gasteiger partial charge in [-0.1, -0.05) is 115 Å². The van der Waals surface area contributed by atoms with Gasteiger partial charge in [-0.05, 0) is 38.9 Å². The van der Waals surface area contributed by atoms with E-state index < -0.39 is 0 Å². The molecule has 0 amide bonds. The fourth-order valence-corrected chi connectivity index (χ4v) is 4.02. The molecule has 0 saturated carbocycles. The predicted octanol–water partition coefficient (Wildman–Crippen LogP) is 7.23. The van der Waals surface area contributed by atoms with Crippen molar-refractivity contribution in [2.45, 2.75) is 5.92 Å². The van der Waals surface area contributed by atoms with Crippen molar-refractivity contribution < 1.29 is 5.11 Å². The van der Waals surface area contributed by atoms with Crippen LogP contribution in [0.25, 0.3) is 28.3 Å². The molecule has 1 radical (unpaired) electrons. The molecule has 1 aliphatic rings. The standard InChI is InChI=1S/C27H20.CH3O/c1-2-8-20(9-3-1)21-14-16-23(17-15-21)25-12-6-7-13-26(25)27-19-18-22-10-4-5-11-24(22)27;1-2/h1-19,27H;1H3. The summed E-state index contributed by atoms with van der Waals surface area (Å²) in [6, 6.07) is 36.9. The number of hydrogen-bond acceptors (Lipinski definition) is 0. The van der Waals surface area contributed by atoms with E-state index in [1.54, 1.807) is 0 Å². The molecule has 0 saturated heterocycles. The number of rotatable bonds is 3. The van der Waals surface area contributed by atoms with E-state index in [0.29, 0.717) is 5.92 Å². The molecular formula is C28H23O. The molecule has 4 aromatic rings. The summed E-state index contributed by atoms with van der Waals surface area (Å²) in [5, 5.41) is 8.25. The second-order valence-corrected chi connectivity index (χ2v) is 7.00. The minimum atomic E-state index is 0.325. The SMILES string of the molecule is C1=CC(c2ccccc2-c2ccc(-c3ccccc3)cc2)c2ccccc21.C[O]. The fourth-order valence-electron chi connectivity index (χ4n) is 4.02. The van der Waals surface area contributed by atoms with Crippen LogP contribution in [0.1, 0.15) is 22.6 Å². The summed E-state index contributed by atoms with van der Waals surface area (Å²) < 4.78 is 0. The van der Waals surface area contributed by atoms with Crippen LogP contribution >= 0.6 is 0 Å². The normalized spacial score (nSPS) is 14.1. The van der Waals surface area contributed by atoms with Gasteiger partial charge in [0.2, 0.25) is 0 Å². The second kappa shape index (κ2) is 8.72. The third-order valence-corrected chi connectivity index (χ3v) is 5.40. The van der Waals surface area contributed by atoms with Crippen LogP contribution in [0.3, 0.4) is 0 Å². The van der Waals surface area contributed by atoms with Crippen molar-refractivity contribution in [3.8, 4) is 22.3 Å². The molecule has 1 atom stereocenters. The molecule has 0 heterocycles. The van der Waals surface area contributed by atoms with Gasteiger partial charge in [0.05, 0.1) is 7.11 Å². The van der Waals surface area contributed by atoms with Gasteiger partial charge in [0.25, 0.3) is 0 Å². The number of fused-ring (bicyclic) bond motifs is 1. The van der Waals surface area contributed by atoms with Gasteiger partial charge < -0.3 is 0 Å². The molecule has 4 aromatic carbocycles. The molecule has 0 aromatic heterocycles. The maximum Gasteiger partial charge on any atom is 0.0712 e. The zero-order chi connectivity index (χ0) is 20.1. The van der Waals surface area contributed by atoms with E-state index in [4.69, 9.17) is 5.11 Å². The van der Waals surface area contributed by atoms with E-state index in [-0.39, 0.29) is 0 Å². The van der Waals surface area contributed by atoms with Crippen LogP contribution < -0.4 is 0 Å². The molecule has 5 rings (SSSR count). The highest BCUT2D eigenvalue weighted by Crippen LogP contribution is 2.39. The van der Waals surface area contributed by atoms with E-state index >= 15 is 0 Å². The molecule has 1 nitrogen and oxygen atoms in total. The van der Waals surface area contributed by atoms with Crippen LogP contribution in [0.5, 0.6) is 0 Å². The van der Waals surface area contributed by atoms with Gasteiger partial charge in [-0.2, -0.15) is 0 Å². The maximum atomic E-state index is 8.25. The first kappa shape index (κ1) is 18.9. The highest BCUT2D eigenvalue weighted by Gasteiger charge is 2.21. The topological polar surface area (TPSA) is 19.9 Å². The second-order valence-electron chi connectivity index (χ2n) is 7.00. The van der Waals surface area contributed by atoms with Crippen LogP contribution in [0.15, 0.2) is 109 Å². The summed E-state index contributed by atoms with van der Waals surface area (Å²) in [6.45, 7) is 0. The molecule has 1 heteroatoms. The molecule has 0 aliphatic heterocycles. The average Bonchev–Trinajstić information content (AvgIpc) is 3.25. The smallest absolute Gasteiger partial charge is 0.0712 e. The Hall–Kier alpha value is -3.42. The van der Waals surface area contributed by atoms with Crippen LogP contribution in [-0.2, 0) is 5.11 Å². The maximum absolute atomic E-state index is 8.25. The lowest BCUT2D eigenvalue weighted by Gasteiger charge is -2.17. The van der Waals surface area contributed by atoms with E-state index in [0.717, 1.165) is 7.11 Å². The zero-order valence-electron chi connectivity index (χ0n) is 16.5. The Labute approximate surface area is 172 Å². The Bertz CT molecular complexity index is 1110. The molecule has 0 N–H and O–H groups in total. The van der Waals surface area contributed by atoms with Crippen LogP contribution in [-0.4, -0.2) is 7.11 Å². The highest BCUT2D eigenvalue weighted by atomic mass is 16.2. The van der Waals surface area contributed by atoms with Gasteiger partial charge in [-0.25, -0.2) is 5.11 Å². The first-order valence-electron chi connectivity index (χ1n) is 9.83. The molecule has 0 spiro atoms. The van der Waals surface area contributed by atoms with Crippen molar-refractivity contribution in [2.75, 3.05) is 7.11 Å². The Morgan fingerprint density at radius 3 is 1.83 bits per heavy atom. The summed E-state index contributed by atoms with van der Waals surface area (Å²) in [4.78, 5) is 0. The molecular weight excluding hydrogens is 352 g/mol. The van der Waals surface area contributed by atoms with Crippen molar-refractivity contribution >= 4 is 6.08 Å². The van der Waals surface area contributed by atoms with Gasteiger partial charge in [0.15, 0.2) is 0 Å². The van der Waals surface area contributed by atoms with E-state index in [9.17, 15) is 0 Å². The Morgan fingerprint density at radius 1 is 0.517 bits per heavy atom. The van der Waals surface area contributed by atoms with Gasteiger partial charge in [-0.3, -0.25) is 0 Å². The Balaban J connectivity index is 0.000000994. The van der Waals surface area contributed by atoms with Gasteiger partial charge >= 0.3 is 0 Å². The first-order valence-corrected chi connectivity index (χ1v) is 9.83. The average molecular weight is 375 g/mol. The molecule has 1 unspecified atom stereocenters. The fraction of sp³-hybridized carbons (Fsp3) is 0.0714. The van der Waals surface area contributed by atoms with Crippen molar-refractivity contribution in [3.05, 3.63) is 126 Å². The molecule has 0 fully saturated rings. The van der Waals surface area contributed by atoms with E-state index in [1.165, 1.54) is 38.9 Å². The third-order valence-electron chi connectivity index (χ3n) is 5.40. The van der Waals surface area contributed by atoms with Crippen LogP contribution in [0, 0.1) is 0 Å². The van der Waals surface area contributed by atoms with Crippen LogP contribution in [0.4, 0.5) is 0 Å². The van der Waals surface area contributed by atoms with Gasteiger partial charge in [0, 0.05) is 5.92 Å². The summed E-state index contributed by atoms with van der Waals surface area (Å²) in [7, 11) is 0.750. The lowest BCUT2D eigenvalue weighted by Crippen LogP contribution is -1.98. The van der Waals surface area contributed by atoms with Gasteiger partial charge in [0.1, 0.15) is 0 Å². The largest absolute Gasteiger partial charge is 0.240 e. The van der Waals surface area contributed by atoms with Crippen molar-refractivity contribution in [1.29, 1.82) is 0 Å². The number of benzene rings is 4. The Morgan fingerprint density at radius 2 is 1.07 bits per heavy atom. The van der Waals surface area contributed by atoms with Gasteiger partial charge in [-0.15, -0.1) is 0 Å². The van der Waals surface area contributed by atoms with E-state index in [2.05, 4.69) is 115 Å². The monoisotopic (exact) mass is 375 g/mol. The Kier molecular flexibility index (Phi) is 5.69. The zero-order valence-corrected chi connectivity index (χ0v) is 16.5. The summed E-state index contributed by atoms with van der Waals surface area (Å²) in [5.74, 6) is 0.325. The molecule has 1 aliphatic carbocycles. The number of hydrogen-bond donors (Lipinski definition) is 0. The molecule has 0 bridgehead atoms. The van der Waals surface area contributed by atoms with Crippen molar-refractivity contribution in [2.24, 2.45) is 0 Å². The predicted molar refractivity (Wildman–Crippen MR) is 121 cm³/mol. The molecule has 29 heavy (non-hydrogen) atoms. The van der Waals surface area contributed by atoms with Crippen molar-refractivity contribution in [1.82, 2.24) is 0 Å². The third kappa shape index (κ3) is 3.78. The minimum absolute atomic E-state index is 0.325. The summed E-state index contributed by atoms with van der Waals surface area (Å²) in [6.07, 6.45) is 4.57. The quantitative estimate of drug-likeness (QED) is 0.360. The highest BCUT2D eigenvalue weighted by molar-refractivity contribution is 5.75. The lowest BCUT2D eigenvalue weighted by molar-refractivity contribution is 0.282. The molecule has 141 valence electrons. The van der Waals surface area contributed by atoms with Crippen molar-refractivity contribution in [3.63, 3.8) is 0 Å². The van der Waals surface area contributed by atoms with E-state index in [1.807, 2.05) is 0 Å². The summed E-state index contributed by atoms with van der Waals surface area (Å²) >= 11 is 0. The summed E-state index contributed by atoms with van der Waals surface area (Å²) in [5.41, 5.74) is 9.17. The number of allylic oxidation sites excluding steroid dienone is 1. The minimum Gasteiger partial charge on any atom is -0.240 e. The first-order chi connectivity index (χ1) is 14.4. The van der Waals surface area contributed by atoms with Crippen LogP contribution in [0.2, 0.25) is 0 Å². The lowest BCUT2D eigenvalue weighted by atomic mass is 9.87.